The second-order valence-electron chi connectivity index (χ2n) is 7.91. The van der Waals surface area contributed by atoms with Gasteiger partial charge in [-0.15, -0.1) is 0 Å². The normalized spacial score (nSPS) is 11.5. The SMILES string of the molecule is CCC(C)(C)NC(=O)COC(=O)c1ccc(CNC(=O)OC(C)(C)C)cc1. The molecule has 0 heterocycles. The first-order chi connectivity index (χ1) is 12.4. The standard InChI is InChI=1S/C20H30N2O5/c1-7-20(5,6)22-16(23)13-26-17(24)15-10-8-14(9-11-15)12-21-18(25)27-19(2,3)4/h8-11H,7,12-13H2,1-6H3,(H,21,25)(H,22,23). The van der Waals surface area contributed by atoms with Crippen molar-refractivity contribution in [2.75, 3.05) is 6.61 Å². The van der Waals surface area contributed by atoms with Gasteiger partial charge in [-0.3, -0.25) is 4.79 Å². The highest BCUT2D eigenvalue weighted by atomic mass is 16.6. The molecule has 1 aromatic carbocycles. The average Bonchev–Trinajstić information content (AvgIpc) is 2.56. The van der Waals surface area contributed by atoms with Crippen LogP contribution in [0.1, 0.15) is 63.9 Å². The fourth-order valence-corrected chi connectivity index (χ4v) is 1.96. The molecule has 0 fully saturated rings. The van der Waals surface area contributed by atoms with Crippen LogP contribution in [-0.4, -0.2) is 35.7 Å². The molecule has 2 amide bonds. The molecule has 150 valence electrons. The summed E-state index contributed by atoms with van der Waals surface area (Å²) in [5, 5.41) is 5.44. The molecule has 1 rings (SSSR count). The fourth-order valence-electron chi connectivity index (χ4n) is 1.96. The number of benzene rings is 1. The molecule has 0 unspecified atom stereocenters. The largest absolute Gasteiger partial charge is 0.452 e. The van der Waals surface area contributed by atoms with Crippen LogP contribution >= 0.6 is 0 Å². The Bertz CT molecular complexity index is 660. The minimum Gasteiger partial charge on any atom is -0.452 e. The van der Waals surface area contributed by atoms with E-state index in [1.54, 1.807) is 45.0 Å². The summed E-state index contributed by atoms with van der Waals surface area (Å²) in [5.41, 5.74) is 0.237. The van der Waals surface area contributed by atoms with Crippen LogP contribution in [-0.2, 0) is 20.8 Å². The first-order valence-corrected chi connectivity index (χ1v) is 8.96. The number of nitrogens with one attached hydrogen (secondary N) is 2. The molecule has 0 aliphatic heterocycles. The maximum absolute atomic E-state index is 12.0. The summed E-state index contributed by atoms with van der Waals surface area (Å²) < 4.78 is 10.2. The van der Waals surface area contributed by atoms with E-state index in [-0.39, 0.29) is 24.6 Å². The van der Waals surface area contributed by atoms with Crippen LogP contribution in [0.15, 0.2) is 24.3 Å². The van der Waals surface area contributed by atoms with E-state index in [4.69, 9.17) is 9.47 Å². The van der Waals surface area contributed by atoms with Crippen LogP contribution in [0.5, 0.6) is 0 Å². The molecule has 0 atom stereocenters. The van der Waals surface area contributed by atoms with E-state index in [0.29, 0.717) is 5.56 Å². The van der Waals surface area contributed by atoms with Gasteiger partial charge in [0.05, 0.1) is 5.56 Å². The van der Waals surface area contributed by atoms with Crippen molar-refractivity contribution in [2.24, 2.45) is 0 Å². The number of rotatable bonds is 7. The van der Waals surface area contributed by atoms with Crippen LogP contribution in [0.25, 0.3) is 0 Å². The smallest absolute Gasteiger partial charge is 0.407 e. The number of hydrogen-bond acceptors (Lipinski definition) is 5. The molecule has 1 aromatic rings. The van der Waals surface area contributed by atoms with E-state index in [1.807, 2.05) is 20.8 Å². The highest BCUT2D eigenvalue weighted by molar-refractivity contribution is 5.91. The Hall–Kier alpha value is -2.57. The molecule has 27 heavy (non-hydrogen) atoms. The van der Waals surface area contributed by atoms with Crippen molar-refractivity contribution in [3.63, 3.8) is 0 Å². The molecule has 7 nitrogen and oxygen atoms in total. The Balaban J connectivity index is 2.48. The van der Waals surface area contributed by atoms with E-state index in [0.717, 1.165) is 12.0 Å². The zero-order valence-corrected chi connectivity index (χ0v) is 17.0. The predicted octanol–water partition coefficient (Wildman–Crippen LogP) is 3.17. The summed E-state index contributed by atoms with van der Waals surface area (Å²) in [7, 11) is 0. The topological polar surface area (TPSA) is 93.7 Å². The molecule has 0 saturated heterocycles. The third kappa shape index (κ3) is 9.08. The molecule has 7 heteroatoms. The van der Waals surface area contributed by atoms with Gasteiger partial charge in [-0.05, 0) is 58.7 Å². The van der Waals surface area contributed by atoms with Gasteiger partial charge >= 0.3 is 12.1 Å². The molecule has 0 radical (unpaired) electrons. The number of esters is 1. The lowest BCUT2D eigenvalue weighted by Gasteiger charge is -2.24. The van der Waals surface area contributed by atoms with Gasteiger partial charge < -0.3 is 20.1 Å². The Labute approximate surface area is 160 Å². The lowest BCUT2D eigenvalue weighted by Crippen LogP contribution is -2.44. The maximum Gasteiger partial charge on any atom is 0.407 e. The van der Waals surface area contributed by atoms with Crippen molar-refractivity contribution < 1.29 is 23.9 Å². The average molecular weight is 378 g/mol. The number of ether oxygens (including phenoxy) is 2. The van der Waals surface area contributed by atoms with Crippen LogP contribution in [0.3, 0.4) is 0 Å². The zero-order valence-electron chi connectivity index (χ0n) is 17.0. The molecule has 0 spiro atoms. The summed E-state index contributed by atoms with van der Waals surface area (Å²) in [5.74, 6) is -0.917. The van der Waals surface area contributed by atoms with Gasteiger partial charge in [0.25, 0.3) is 5.91 Å². The van der Waals surface area contributed by atoms with Crippen molar-refractivity contribution in [1.29, 1.82) is 0 Å². The third-order valence-electron chi connectivity index (χ3n) is 3.72. The molecule has 0 bridgehead atoms. The van der Waals surface area contributed by atoms with Crippen LogP contribution < -0.4 is 10.6 Å². The van der Waals surface area contributed by atoms with E-state index >= 15 is 0 Å². The van der Waals surface area contributed by atoms with Crippen LogP contribution in [0, 0.1) is 0 Å². The highest BCUT2D eigenvalue weighted by Gasteiger charge is 2.19. The first-order valence-electron chi connectivity index (χ1n) is 8.96. The number of hydrogen-bond donors (Lipinski definition) is 2. The Morgan fingerprint density at radius 3 is 2.11 bits per heavy atom. The Kier molecular flexibility index (Phi) is 7.82. The highest BCUT2D eigenvalue weighted by Crippen LogP contribution is 2.09. The molecular weight excluding hydrogens is 348 g/mol. The molecule has 0 aliphatic carbocycles. The number of carbonyl (C=O) groups is 3. The summed E-state index contributed by atoms with van der Waals surface area (Å²) >= 11 is 0. The first kappa shape index (κ1) is 22.5. The summed E-state index contributed by atoms with van der Waals surface area (Å²) in [4.78, 5) is 35.5. The van der Waals surface area contributed by atoms with Crippen molar-refractivity contribution >= 4 is 18.0 Å². The lowest BCUT2D eigenvalue weighted by molar-refractivity contribution is -0.125. The lowest BCUT2D eigenvalue weighted by atomic mass is 10.0. The molecule has 0 aromatic heterocycles. The molecular formula is C20H30N2O5. The fraction of sp³-hybridized carbons (Fsp3) is 0.550. The van der Waals surface area contributed by atoms with Gasteiger partial charge in [0.1, 0.15) is 5.60 Å². The number of carbonyl (C=O) groups excluding carboxylic acids is 3. The number of amides is 2. The molecule has 2 N–H and O–H groups in total. The second-order valence-corrected chi connectivity index (χ2v) is 7.91. The van der Waals surface area contributed by atoms with Crippen molar-refractivity contribution in [3.05, 3.63) is 35.4 Å². The van der Waals surface area contributed by atoms with Crippen LogP contribution in [0.2, 0.25) is 0 Å². The Morgan fingerprint density at radius 1 is 1.00 bits per heavy atom. The van der Waals surface area contributed by atoms with Crippen molar-refractivity contribution in [3.8, 4) is 0 Å². The van der Waals surface area contributed by atoms with Gasteiger partial charge in [0, 0.05) is 12.1 Å². The van der Waals surface area contributed by atoms with E-state index < -0.39 is 17.7 Å². The third-order valence-corrected chi connectivity index (χ3v) is 3.72. The van der Waals surface area contributed by atoms with Gasteiger partial charge in [-0.1, -0.05) is 19.1 Å². The monoisotopic (exact) mass is 378 g/mol. The minimum atomic E-state index is -0.578. The van der Waals surface area contributed by atoms with E-state index in [9.17, 15) is 14.4 Å². The summed E-state index contributed by atoms with van der Waals surface area (Å²) in [6.45, 7) is 11.1. The van der Waals surface area contributed by atoms with Crippen molar-refractivity contribution in [1.82, 2.24) is 10.6 Å². The van der Waals surface area contributed by atoms with Gasteiger partial charge in [0.15, 0.2) is 6.61 Å². The molecule has 0 saturated carbocycles. The van der Waals surface area contributed by atoms with Crippen LogP contribution in [0.4, 0.5) is 4.79 Å². The van der Waals surface area contributed by atoms with E-state index in [2.05, 4.69) is 10.6 Å². The Morgan fingerprint density at radius 2 is 1.59 bits per heavy atom. The van der Waals surface area contributed by atoms with Crippen molar-refractivity contribution in [2.45, 2.75) is 65.6 Å². The summed E-state index contributed by atoms with van der Waals surface area (Å²) in [6, 6.07) is 6.58. The van der Waals surface area contributed by atoms with Gasteiger partial charge in [-0.25, -0.2) is 9.59 Å². The molecule has 0 aliphatic rings. The summed E-state index contributed by atoms with van der Waals surface area (Å²) in [6.07, 6.45) is 0.262. The van der Waals surface area contributed by atoms with Gasteiger partial charge in [-0.2, -0.15) is 0 Å². The maximum atomic E-state index is 12.0. The second kappa shape index (κ2) is 9.39. The minimum absolute atomic E-state index is 0.277. The zero-order chi connectivity index (χ0) is 20.7. The number of alkyl carbamates (subject to hydrolysis) is 1. The predicted molar refractivity (Wildman–Crippen MR) is 102 cm³/mol. The quantitative estimate of drug-likeness (QED) is 0.711. The van der Waals surface area contributed by atoms with Gasteiger partial charge in [0.2, 0.25) is 0 Å². The van der Waals surface area contributed by atoms with E-state index in [1.165, 1.54) is 0 Å².